The van der Waals surface area contributed by atoms with Gasteiger partial charge in [0.25, 0.3) is 5.91 Å². The molecule has 2 aromatic carbocycles. The molecule has 4 atom stereocenters. The molecular formula is C27H27N3O7. The van der Waals surface area contributed by atoms with E-state index < -0.39 is 58.0 Å². The minimum atomic E-state index is -2.66. The molecule has 0 bridgehead atoms. The number of ketones is 2. The fraction of sp³-hybridized carbons (Fsp3) is 0.296. The van der Waals surface area contributed by atoms with Gasteiger partial charge in [-0.1, -0.05) is 18.2 Å². The van der Waals surface area contributed by atoms with E-state index in [4.69, 9.17) is 11.5 Å². The summed E-state index contributed by atoms with van der Waals surface area (Å²) in [5, 5.41) is 44.5. The lowest BCUT2D eigenvalue weighted by Gasteiger charge is -2.50. The summed E-state index contributed by atoms with van der Waals surface area (Å²) in [4.78, 5) is 40.5. The zero-order chi connectivity index (χ0) is 27.0. The lowest BCUT2D eigenvalue weighted by atomic mass is 9.57. The Morgan fingerprint density at radius 3 is 2.30 bits per heavy atom. The van der Waals surface area contributed by atoms with Crippen LogP contribution < -0.4 is 11.5 Å². The van der Waals surface area contributed by atoms with Gasteiger partial charge in [0.2, 0.25) is 5.78 Å². The number of benzene rings is 2. The van der Waals surface area contributed by atoms with Crippen LogP contribution in [0.2, 0.25) is 0 Å². The molecule has 1 saturated carbocycles. The molecule has 0 aliphatic heterocycles. The van der Waals surface area contributed by atoms with Crippen molar-refractivity contribution in [3.05, 3.63) is 64.4 Å². The van der Waals surface area contributed by atoms with Crippen molar-refractivity contribution in [2.24, 2.45) is 17.6 Å². The Morgan fingerprint density at radius 1 is 1.05 bits per heavy atom. The van der Waals surface area contributed by atoms with Crippen LogP contribution in [0.15, 0.2) is 53.3 Å². The Bertz CT molecular complexity index is 1440. The SMILES string of the molecule is CN(C)[C@@H]1C(=O)C(C(N)=O)=C(O)[C@@]2(O)C(=O)C3=C(O)c4c(O)ccc(-c5ccc(N)cc5)c4C[C@H]3C[C@@H]12. The van der Waals surface area contributed by atoms with Crippen molar-refractivity contribution < 1.29 is 34.8 Å². The van der Waals surface area contributed by atoms with E-state index in [1.807, 2.05) is 0 Å². The maximum absolute atomic E-state index is 13.9. The Hall–Kier alpha value is -4.15. The van der Waals surface area contributed by atoms with E-state index in [1.54, 1.807) is 44.4 Å². The number of aliphatic hydroxyl groups is 3. The van der Waals surface area contributed by atoms with E-state index in [-0.39, 0.29) is 29.7 Å². The summed E-state index contributed by atoms with van der Waals surface area (Å²) in [6, 6.07) is 9.04. The second kappa shape index (κ2) is 8.19. The first-order chi connectivity index (χ1) is 17.4. The predicted octanol–water partition coefficient (Wildman–Crippen LogP) is 1.21. The second-order valence-electron chi connectivity index (χ2n) is 10.1. The number of fused-ring (bicyclic) bond motifs is 3. The van der Waals surface area contributed by atoms with Gasteiger partial charge in [-0.3, -0.25) is 19.3 Å². The number of amides is 1. The van der Waals surface area contributed by atoms with Crippen molar-refractivity contribution in [1.29, 1.82) is 0 Å². The highest BCUT2D eigenvalue weighted by Gasteiger charge is 2.64. The number of phenolic OH excluding ortho intramolecular Hbond substituents is 1. The van der Waals surface area contributed by atoms with Crippen LogP contribution in [-0.2, 0) is 20.8 Å². The number of aliphatic hydroxyl groups excluding tert-OH is 2. The highest BCUT2D eigenvalue weighted by molar-refractivity contribution is 6.24. The number of likely N-dealkylation sites (N-methyl/N-ethyl adjacent to an activating group) is 1. The number of rotatable bonds is 3. The summed E-state index contributed by atoms with van der Waals surface area (Å²) in [7, 11) is 3.12. The van der Waals surface area contributed by atoms with Crippen molar-refractivity contribution in [3.8, 4) is 16.9 Å². The molecule has 0 spiro atoms. The van der Waals surface area contributed by atoms with Crippen molar-refractivity contribution in [2.45, 2.75) is 24.5 Å². The summed E-state index contributed by atoms with van der Waals surface area (Å²) in [6.07, 6.45) is 0.241. The molecule has 3 aliphatic rings. The minimum Gasteiger partial charge on any atom is -0.508 e. The monoisotopic (exact) mass is 505 g/mol. The van der Waals surface area contributed by atoms with E-state index in [9.17, 15) is 34.8 Å². The first-order valence-electron chi connectivity index (χ1n) is 11.7. The number of hydrogen-bond donors (Lipinski definition) is 6. The molecule has 192 valence electrons. The zero-order valence-electron chi connectivity index (χ0n) is 20.2. The average Bonchev–Trinajstić information content (AvgIpc) is 2.82. The number of primary amides is 1. The molecule has 0 unspecified atom stereocenters. The standard InChI is InChI=1S/C27H27N3O7/c1-30(2)21-16-10-12-9-15-14(11-3-5-13(28)6-4-11)7-8-17(31)19(15)22(32)18(12)24(34)27(16,37)25(35)20(23(21)33)26(29)36/h3-8,12,16,21,31-32,35,37H,9-10,28H2,1-2H3,(H2,29,36)/t12-,16-,21-,27-/m0/s1. The van der Waals surface area contributed by atoms with Crippen molar-refractivity contribution in [2.75, 3.05) is 19.8 Å². The molecular weight excluding hydrogens is 478 g/mol. The number of aromatic hydroxyl groups is 1. The third kappa shape index (κ3) is 3.29. The number of carbonyl (C=O) groups is 3. The van der Waals surface area contributed by atoms with Crippen LogP contribution in [0.3, 0.4) is 0 Å². The van der Waals surface area contributed by atoms with Crippen molar-refractivity contribution in [1.82, 2.24) is 4.90 Å². The van der Waals surface area contributed by atoms with Crippen molar-refractivity contribution in [3.63, 3.8) is 0 Å². The number of anilines is 1. The number of nitrogens with two attached hydrogens (primary N) is 2. The van der Waals surface area contributed by atoms with E-state index in [0.29, 0.717) is 16.8 Å². The maximum atomic E-state index is 13.9. The van der Waals surface area contributed by atoms with Crippen LogP contribution >= 0.6 is 0 Å². The molecule has 0 radical (unpaired) electrons. The third-order valence-electron chi connectivity index (χ3n) is 7.83. The molecule has 10 nitrogen and oxygen atoms in total. The highest BCUT2D eigenvalue weighted by atomic mass is 16.3. The number of carbonyl (C=O) groups excluding carboxylic acids is 3. The minimum absolute atomic E-state index is 0.0304. The van der Waals surface area contributed by atoms with Gasteiger partial charge in [-0.2, -0.15) is 0 Å². The van der Waals surface area contributed by atoms with Crippen LogP contribution in [-0.4, -0.2) is 68.5 Å². The molecule has 8 N–H and O–H groups in total. The van der Waals surface area contributed by atoms with Gasteiger partial charge in [-0.25, -0.2) is 0 Å². The first kappa shape index (κ1) is 24.5. The maximum Gasteiger partial charge on any atom is 0.255 e. The van der Waals surface area contributed by atoms with Crippen LogP contribution in [0.5, 0.6) is 5.75 Å². The van der Waals surface area contributed by atoms with Gasteiger partial charge in [0.1, 0.15) is 22.8 Å². The van der Waals surface area contributed by atoms with E-state index in [0.717, 1.165) is 5.56 Å². The summed E-state index contributed by atoms with van der Waals surface area (Å²) in [5.74, 6) is -6.75. The fourth-order valence-electron chi connectivity index (χ4n) is 6.18. The van der Waals surface area contributed by atoms with Gasteiger partial charge < -0.3 is 31.9 Å². The number of nitrogens with zero attached hydrogens (tertiary/aromatic N) is 1. The van der Waals surface area contributed by atoms with Gasteiger partial charge in [-0.15, -0.1) is 0 Å². The van der Waals surface area contributed by atoms with Crippen LogP contribution in [0.1, 0.15) is 17.5 Å². The summed E-state index contributed by atoms with van der Waals surface area (Å²) < 4.78 is 0. The van der Waals surface area contributed by atoms with Crippen molar-refractivity contribution >= 4 is 28.9 Å². The van der Waals surface area contributed by atoms with Gasteiger partial charge in [0.05, 0.1) is 11.6 Å². The number of nitrogen functional groups attached to an aromatic ring is 1. The molecule has 0 heterocycles. The number of phenols is 1. The molecule has 10 heteroatoms. The second-order valence-corrected chi connectivity index (χ2v) is 10.1. The lowest BCUT2D eigenvalue weighted by Crippen LogP contribution is -2.65. The normalized spacial score (nSPS) is 27.2. The predicted molar refractivity (Wildman–Crippen MR) is 134 cm³/mol. The lowest BCUT2D eigenvalue weighted by molar-refractivity contribution is -0.153. The smallest absolute Gasteiger partial charge is 0.255 e. The van der Waals surface area contributed by atoms with Gasteiger partial charge >= 0.3 is 0 Å². The quantitative estimate of drug-likeness (QED) is 0.263. The van der Waals surface area contributed by atoms with E-state index in [2.05, 4.69) is 0 Å². The Kier molecular flexibility index (Phi) is 5.43. The molecule has 2 aromatic rings. The topological polar surface area (TPSA) is 187 Å². The van der Waals surface area contributed by atoms with Gasteiger partial charge in [-0.05, 0) is 67.7 Å². The van der Waals surface area contributed by atoms with Crippen LogP contribution in [0, 0.1) is 11.8 Å². The molecule has 1 amide bonds. The summed E-state index contributed by atoms with van der Waals surface area (Å²) >= 11 is 0. The van der Waals surface area contributed by atoms with E-state index >= 15 is 0 Å². The fourth-order valence-corrected chi connectivity index (χ4v) is 6.18. The van der Waals surface area contributed by atoms with Crippen LogP contribution in [0.4, 0.5) is 5.69 Å². The molecule has 0 saturated heterocycles. The summed E-state index contributed by atoms with van der Waals surface area (Å²) in [6.45, 7) is 0. The Balaban J connectivity index is 1.74. The molecule has 1 fully saturated rings. The number of hydrogen-bond acceptors (Lipinski definition) is 9. The highest BCUT2D eigenvalue weighted by Crippen LogP contribution is 2.53. The van der Waals surface area contributed by atoms with Crippen LogP contribution in [0.25, 0.3) is 16.9 Å². The Labute approximate surface area is 212 Å². The summed E-state index contributed by atoms with van der Waals surface area (Å²) in [5.41, 5.74) is 10.2. The molecule has 37 heavy (non-hydrogen) atoms. The number of Topliss-reactive ketones (excluding diaryl/α,β-unsaturated/α-hetero) is 2. The Morgan fingerprint density at radius 2 is 1.70 bits per heavy atom. The zero-order valence-corrected chi connectivity index (χ0v) is 20.2. The molecule has 3 aliphatic carbocycles. The van der Waals surface area contributed by atoms with Gasteiger partial charge in [0, 0.05) is 17.2 Å². The van der Waals surface area contributed by atoms with Gasteiger partial charge in [0.15, 0.2) is 11.4 Å². The van der Waals surface area contributed by atoms with E-state index in [1.165, 1.54) is 11.0 Å². The largest absolute Gasteiger partial charge is 0.508 e. The molecule has 5 rings (SSSR count). The molecule has 0 aromatic heterocycles. The average molecular weight is 506 g/mol. The third-order valence-corrected chi connectivity index (χ3v) is 7.83. The first-order valence-corrected chi connectivity index (χ1v) is 11.7.